The van der Waals surface area contributed by atoms with Gasteiger partial charge in [-0.05, 0) is 51.3 Å². The van der Waals surface area contributed by atoms with E-state index in [9.17, 15) is 13.2 Å². The van der Waals surface area contributed by atoms with Crippen molar-refractivity contribution in [2.24, 2.45) is 0 Å². The van der Waals surface area contributed by atoms with E-state index in [0.29, 0.717) is 29.2 Å². The molecule has 0 spiro atoms. The van der Waals surface area contributed by atoms with Gasteiger partial charge in [0.1, 0.15) is 16.6 Å². The molecule has 3 rings (SSSR count). The Hall–Kier alpha value is -1.90. The molecular weight excluding hydrogens is 378 g/mol. The second-order valence-electron chi connectivity index (χ2n) is 6.33. The van der Waals surface area contributed by atoms with Gasteiger partial charge < -0.3 is 9.84 Å². The molecule has 0 aliphatic carbocycles. The van der Waals surface area contributed by atoms with Gasteiger partial charge >= 0.3 is 0 Å². The molecule has 1 N–H and O–H groups in total. The molecule has 0 saturated carbocycles. The Morgan fingerprint density at radius 1 is 1.35 bits per heavy atom. The minimum absolute atomic E-state index is 0.0381. The third-order valence-corrected chi connectivity index (χ3v) is 7.13. The summed E-state index contributed by atoms with van der Waals surface area (Å²) >= 11 is 6.09. The largest absolute Gasteiger partial charge is 0.360 e. The average molecular weight is 398 g/mol. The second-order valence-corrected chi connectivity index (χ2v) is 8.56. The van der Waals surface area contributed by atoms with Gasteiger partial charge in [0, 0.05) is 17.3 Å². The van der Waals surface area contributed by atoms with Crippen LogP contribution < -0.4 is 5.32 Å². The monoisotopic (exact) mass is 397 g/mol. The summed E-state index contributed by atoms with van der Waals surface area (Å²) in [6, 6.07) is 4.42. The normalized spacial score (nSPS) is 18.2. The van der Waals surface area contributed by atoms with E-state index < -0.39 is 16.1 Å². The number of nitrogens with one attached hydrogen (secondary N) is 1. The van der Waals surface area contributed by atoms with Crippen molar-refractivity contribution < 1.29 is 17.7 Å². The van der Waals surface area contributed by atoms with Crippen LogP contribution in [0.15, 0.2) is 27.6 Å². The molecule has 1 atom stereocenters. The first-order valence-electron chi connectivity index (χ1n) is 8.24. The molecule has 7 nitrogen and oxygen atoms in total. The van der Waals surface area contributed by atoms with E-state index >= 15 is 0 Å². The molecule has 1 aromatic heterocycles. The molecule has 1 aliphatic heterocycles. The predicted molar refractivity (Wildman–Crippen MR) is 97.7 cm³/mol. The highest BCUT2D eigenvalue weighted by atomic mass is 35.5. The van der Waals surface area contributed by atoms with Crippen LogP contribution in [0, 0.1) is 20.8 Å². The molecule has 1 saturated heterocycles. The number of rotatable bonds is 4. The maximum Gasteiger partial charge on any atom is 0.249 e. The van der Waals surface area contributed by atoms with Gasteiger partial charge in [-0.1, -0.05) is 22.8 Å². The van der Waals surface area contributed by atoms with Crippen LogP contribution in [-0.2, 0) is 14.8 Å². The van der Waals surface area contributed by atoms with Crippen molar-refractivity contribution >= 4 is 33.2 Å². The van der Waals surface area contributed by atoms with Crippen LogP contribution in [0.4, 0.5) is 5.69 Å². The van der Waals surface area contributed by atoms with Crippen LogP contribution in [0.1, 0.15) is 29.9 Å². The topological polar surface area (TPSA) is 92.5 Å². The summed E-state index contributed by atoms with van der Waals surface area (Å²) in [4.78, 5) is 12.8. The molecule has 26 heavy (non-hydrogen) atoms. The van der Waals surface area contributed by atoms with E-state index in [1.807, 2.05) is 0 Å². The fraction of sp³-hybridized carbons (Fsp3) is 0.412. The van der Waals surface area contributed by atoms with Crippen LogP contribution in [0.2, 0.25) is 5.02 Å². The summed E-state index contributed by atoms with van der Waals surface area (Å²) in [6.45, 7) is 5.20. The number of amides is 1. The number of hydrogen-bond acceptors (Lipinski definition) is 5. The number of benzene rings is 1. The zero-order valence-corrected chi connectivity index (χ0v) is 16.3. The minimum Gasteiger partial charge on any atom is -0.360 e. The number of carbonyl (C=O) groups excluding carboxylic acids is 1. The van der Waals surface area contributed by atoms with Gasteiger partial charge in [-0.2, -0.15) is 4.31 Å². The molecule has 1 aliphatic rings. The number of nitrogens with zero attached hydrogens (tertiary/aromatic N) is 2. The number of halogens is 1. The molecule has 0 unspecified atom stereocenters. The summed E-state index contributed by atoms with van der Waals surface area (Å²) in [5.74, 6) is -0.151. The zero-order chi connectivity index (χ0) is 19.1. The first-order chi connectivity index (χ1) is 12.2. The third kappa shape index (κ3) is 3.24. The highest BCUT2D eigenvalue weighted by Gasteiger charge is 2.42. The van der Waals surface area contributed by atoms with E-state index in [4.69, 9.17) is 16.1 Å². The number of aryl methyl sites for hydroxylation is 2. The van der Waals surface area contributed by atoms with E-state index in [-0.39, 0.29) is 23.1 Å². The van der Waals surface area contributed by atoms with Crippen molar-refractivity contribution in [3.8, 4) is 0 Å². The highest BCUT2D eigenvalue weighted by Crippen LogP contribution is 2.31. The van der Waals surface area contributed by atoms with Crippen molar-refractivity contribution in [2.45, 2.75) is 44.6 Å². The van der Waals surface area contributed by atoms with Gasteiger partial charge in [-0.25, -0.2) is 8.42 Å². The van der Waals surface area contributed by atoms with E-state index in [0.717, 1.165) is 5.56 Å². The van der Waals surface area contributed by atoms with Gasteiger partial charge in [0.15, 0.2) is 5.76 Å². The summed E-state index contributed by atoms with van der Waals surface area (Å²) in [7, 11) is -3.87. The Kier molecular flexibility index (Phi) is 5.09. The number of hydrogen-bond donors (Lipinski definition) is 1. The molecule has 1 fully saturated rings. The van der Waals surface area contributed by atoms with Crippen LogP contribution in [0.3, 0.4) is 0 Å². The molecule has 9 heteroatoms. The number of carbonyl (C=O) groups is 1. The van der Waals surface area contributed by atoms with Crippen LogP contribution in [-0.4, -0.2) is 36.4 Å². The molecule has 2 heterocycles. The lowest BCUT2D eigenvalue weighted by Gasteiger charge is -2.23. The maximum atomic E-state index is 13.1. The lowest BCUT2D eigenvalue weighted by atomic mass is 10.1. The minimum atomic E-state index is -3.87. The number of aromatic nitrogens is 1. The SMILES string of the molecule is Cc1noc(C)c1S(=O)(=O)N1CCC[C@@H]1C(=O)Nc1cccc(Cl)c1C. The Labute approximate surface area is 157 Å². The van der Waals surface area contributed by atoms with Crippen molar-refractivity contribution in [2.75, 3.05) is 11.9 Å². The molecule has 0 radical (unpaired) electrons. The van der Waals surface area contributed by atoms with Crippen LogP contribution in [0.5, 0.6) is 0 Å². The lowest BCUT2D eigenvalue weighted by molar-refractivity contribution is -0.119. The standard InChI is InChI=1S/C17H20ClN3O4S/c1-10-13(18)6-4-7-14(10)19-17(22)15-8-5-9-21(15)26(23,24)16-11(2)20-25-12(16)3/h4,6-7,15H,5,8-9H2,1-3H3,(H,19,22)/t15-/m1/s1. The Balaban J connectivity index is 1.88. The first kappa shape index (κ1) is 18.9. The number of anilines is 1. The van der Waals surface area contributed by atoms with Gasteiger partial charge in [-0.15, -0.1) is 0 Å². The van der Waals surface area contributed by atoms with Crippen molar-refractivity contribution in [3.63, 3.8) is 0 Å². The van der Waals surface area contributed by atoms with Gasteiger partial charge in [0.05, 0.1) is 0 Å². The molecule has 0 bridgehead atoms. The van der Waals surface area contributed by atoms with E-state index in [1.54, 1.807) is 39.0 Å². The predicted octanol–water partition coefficient (Wildman–Crippen LogP) is 3.05. The Morgan fingerprint density at radius 2 is 2.08 bits per heavy atom. The fourth-order valence-electron chi connectivity index (χ4n) is 3.21. The average Bonchev–Trinajstić information content (AvgIpc) is 3.19. The molecule has 140 valence electrons. The Morgan fingerprint density at radius 3 is 2.73 bits per heavy atom. The Bertz CT molecular complexity index is 935. The summed E-state index contributed by atoms with van der Waals surface area (Å²) in [5, 5.41) is 7.05. The van der Waals surface area contributed by atoms with Crippen molar-refractivity contribution in [1.29, 1.82) is 0 Å². The summed E-state index contributed by atoms with van der Waals surface area (Å²) in [6.07, 6.45) is 1.06. The maximum absolute atomic E-state index is 13.1. The van der Waals surface area contributed by atoms with Crippen LogP contribution >= 0.6 is 11.6 Å². The van der Waals surface area contributed by atoms with Gasteiger partial charge in [-0.3, -0.25) is 4.79 Å². The zero-order valence-electron chi connectivity index (χ0n) is 14.7. The van der Waals surface area contributed by atoms with Gasteiger partial charge in [0.25, 0.3) is 0 Å². The molecule has 1 amide bonds. The van der Waals surface area contributed by atoms with Crippen molar-refractivity contribution in [3.05, 3.63) is 40.2 Å². The highest BCUT2D eigenvalue weighted by molar-refractivity contribution is 7.89. The molecular formula is C17H20ClN3O4S. The van der Waals surface area contributed by atoms with Crippen molar-refractivity contribution in [1.82, 2.24) is 9.46 Å². The third-order valence-electron chi connectivity index (χ3n) is 4.57. The lowest BCUT2D eigenvalue weighted by Crippen LogP contribution is -2.43. The second kappa shape index (κ2) is 7.02. The van der Waals surface area contributed by atoms with Gasteiger partial charge in [0.2, 0.25) is 15.9 Å². The first-order valence-corrected chi connectivity index (χ1v) is 10.1. The smallest absolute Gasteiger partial charge is 0.249 e. The molecule has 1 aromatic carbocycles. The summed E-state index contributed by atoms with van der Waals surface area (Å²) < 4.78 is 32.3. The number of sulfonamides is 1. The quantitative estimate of drug-likeness (QED) is 0.855. The van der Waals surface area contributed by atoms with E-state index in [1.165, 1.54) is 4.31 Å². The van der Waals surface area contributed by atoms with Crippen LogP contribution in [0.25, 0.3) is 0 Å². The fourth-order valence-corrected chi connectivity index (χ4v) is 5.33. The summed E-state index contributed by atoms with van der Waals surface area (Å²) in [5.41, 5.74) is 1.60. The molecule has 2 aromatic rings. The van der Waals surface area contributed by atoms with E-state index in [2.05, 4.69) is 10.5 Å².